The molecule has 7 heteroatoms. The lowest BCUT2D eigenvalue weighted by Gasteiger charge is -2.14. The van der Waals surface area contributed by atoms with Crippen molar-refractivity contribution in [3.05, 3.63) is 53.7 Å². The third kappa shape index (κ3) is 3.06. The maximum absolute atomic E-state index is 13.4. The van der Waals surface area contributed by atoms with Crippen LogP contribution in [0.5, 0.6) is 0 Å². The minimum Gasteiger partial charge on any atom is -0.468 e. The summed E-state index contributed by atoms with van der Waals surface area (Å²) in [7, 11) is -3.95. The molecule has 2 aromatic rings. The van der Waals surface area contributed by atoms with Crippen molar-refractivity contribution in [3.8, 4) is 0 Å². The fraction of sp³-hybridized carbons (Fsp3) is 0.231. The molecule has 0 radical (unpaired) electrons. The summed E-state index contributed by atoms with van der Waals surface area (Å²) in [4.78, 5) is -0.203. The van der Waals surface area contributed by atoms with Crippen molar-refractivity contribution in [2.75, 3.05) is 6.61 Å². The fourth-order valence-corrected chi connectivity index (χ4v) is 2.88. The first-order valence-electron chi connectivity index (χ1n) is 5.87. The molecule has 2 rings (SSSR count). The van der Waals surface area contributed by atoms with E-state index in [1.54, 1.807) is 19.1 Å². The summed E-state index contributed by atoms with van der Waals surface area (Å²) in [5.74, 6) is -0.324. The number of aliphatic hydroxyl groups excluding tert-OH is 1. The number of sulfonamides is 1. The van der Waals surface area contributed by atoms with Gasteiger partial charge in [-0.2, -0.15) is 4.72 Å². The van der Waals surface area contributed by atoms with E-state index >= 15 is 0 Å². The fourth-order valence-electron chi connectivity index (χ4n) is 1.67. The van der Waals surface area contributed by atoms with Crippen LogP contribution in [-0.4, -0.2) is 20.1 Å². The van der Waals surface area contributed by atoms with Gasteiger partial charge in [0.05, 0.1) is 17.8 Å². The number of aryl methyl sites for hydroxylation is 1. The van der Waals surface area contributed by atoms with Gasteiger partial charge in [0.1, 0.15) is 17.6 Å². The molecular formula is C13H14FNO4S. The summed E-state index contributed by atoms with van der Waals surface area (Å²) in [5.41, 5.74) is 0.355. The molecule has 0 aliphatic carbocycles. The highest BCUT2D eigenvalue weighted by Gasteiger charge is 2.23. The maximum Gasteiger partial charge on any atom is 0.241 e. The van der Waals surface area contributed by atoms with Crippen LogP contribution in [0.2, 0.25) is 0 Å². The highest BCUT2D eigenvalue weighted by molar-refractivity contribution is 7.89. The van der Waals surface area contributed by atoms with Crippen molar-refractivity contribution >= 4 is 10.0 Å². The Morgan fingerprint density at radius 3 is 2.70 bits per heavy atom. The molecule has 20 heavy (non-hydrogen) atoms. The molecule has 1 atom stereocenters. The molecule has 0 aliphatic heterocycles. The molecule has 2 N–H and O–H groups in total. The SMILES string of the molecule is Cc1ccc(S(=O)(=O)NC(CO)c2ccco2)cc1F. The van der Waals surface area contributed by atoms with Crippen LogP contribution in [-0.2, 0) is 10.0 Å². The second-order valence-electron chi connectivity index (χ2n) is 4.28. The Morgan fingerprint density at radius 2 is 2.15 bits per heavy atom. The molecule has 0 spiro atoms. The number of hydrogen-bond donors (Lipinski definition) is 2. The summed E-state index contributed by atoms with van der Waals surface area (Å²) >= 11 is 0. The lowest BCUT2D eigenvalue weighted by atomic mass is 10.2. The molecule has 0 bridgehead atoms. The molecule has 0 saturated carbocycles. The van der Waals surface area contributed by atoms with E-state index in [0.29, 0.717) is 5.56 Å². The van der Waals surface area contributed by atoms with Crippen molar-refractivity contribution in [1.82, 2.24) is 4.72 Å². The van der Waals surface area contributed by atoms with Gasteiger partial charge in [-0.05, 0) is 36.8 Å². The van der Waals surface area contributed by atoms with Gasteiger partial charge in [0.2, 0.25) is 10.0 Å². The molecule has 0 aliphatic rings. The van der Waals surface area contributed by atoms with E-state index in [1.165, 1.54) is 18.4 Å². The number of aliphatic hydroxyl groups is 1. The predicted octanol–water partition coefficient (Wildman–Crippen LogP) is 1.74. The summed E-state index contributed by atoms with van der Waals surface area (Å²) < 4.78 is 45.0. The first kappa shape index (κ1) is 14.7. The average molecular weight is 299 g/mol. The second-order valence-corrected chi connectivity index (χ2v) is 6.00. The maximum atomic E-state index is 13.4. The van der Waals surface area contributed by atoms with Gasteiger partial charge in [0.15, 0.2) is 0 Å². The molecule has 1 aromatic heterocycles. The molecule has 1 heterocycles. The van der Waals surface area contributed by atoms with Gasteiger partial charge in [-0.1, -0.05) is 6.07 Å². The Balaban J connectivity index is 2.28. The molecule has 0 fully saturated rings. The van der Waals surface area contributed by atoms with Gasteiger partial charge in [-0.3, -0.25) is 0 Å². The van der Waals surface area contributed by atoms with Crippen LogP contribution in [0.25, 0.3) is 0 Å². The van der Waals surface area contributed by atoms with Gasteiger partial charge in [0, 0.05) is 0 Å². The zero-order valence-electron chi connectivity index (χ0n) is 10.7. The van der Waals surface area contributed by atoms with E-state index in [0.717, 1.165) is 6.07 Å². The Kier molecular flexibility index (Phi) is 4.22. The van der Waals surface area contributed by atoms with Crippen molar-refractivity contribution in [2.45, 2.75) is 17.9 Å². The summed E-state index contributed by atoms with van der Waals surface area (Å²) in [6.07, 6.45) is 1.37. The Bertz CT molecular complexity index is 682. The number of rotatable bonds is 5. The van der Waals surface area contributed by atoms with Crippen molar-refractivity contribution in [3.63, 3.8) is 0 Å². The molecule has 1 unspecified atom stereocenters. The van der Waals surface area contributed by atoms with E-state index < -0.39 is 28.5 Å². The average Bonchev–Trinajstić information content (AvgIpc) is 2.93. The first-order valence-corrected chi connectivity index (χ1v) is 7.35. The number of furan rings is 1. The highest BCUT2D eigenvalue weighted by Crippen LogP contribution is 2.19. The normalized spacial score (nSPS) is 13.3. The zero-order chi connectivity index (χ0) is 14.8. The van der Waals surface area contributed by atoms with E-state index in [-0.39, 0.29) is 10.7 Å². The number of hydrogen-bond acceptors (Lipinski definition) is 4. The van der Waals surface area contributed by atoms with Crippen molar-refractivity contribution in [2.24, 2.45) is 0 Å². The van der Waals surface area contributed by atoms with E-state index in [9.17, 15) is 17.9 Å². The van der Waals surface area contributed by atoms with Crippen LogP contribution in [0.4, 0.5) is 4.39 Å². The number of halogens is 1. The highest BCUT2D eigenvalue weighted by atomic mass is 32.2. The largest absolute Gasteiger partial charge is 0.468 e. The van der Waals surface area contributed by atoms with Gasteiger partial charge < -0.3 is 9.52 Å². The van der Waals surface area contributed by atoms with Crippen LogP contribution < -0.4 is 4.72 Å². The molecular weight excluding hydrogens is 285 g/mol. The standard InChI is InChI=1S/C13H14FNO4S/c1-9-4-5-10(7-11(9)14)20(17,18)15-12(8-16)13-3-2-6-19-13/h2-7,12,15-16H,8H2,1H3. The molecule has 0 saturated heterocycles. The lowest BCUT2D eigenvalue weighted by molar-refractivity contribution is 0.242. The predicted molar refractivity (Wildman–Crippen MR) is 70.0 cm³/mol. The monoisotopic (exact) mass is 299 g/mol. The van der Waals surface area contributed by atoms with Gasteiger partial charge in [-0.15, -0.1) is 0 Å². The summed E-state index contributed by atoms with van der Waals surface area (Å²) in [6.45, 7) is 1.07. The quantitative estimate of drug-likeness (QED) is 0.881. The van der Waals surface area contributed by atoms with Gasteiger partial charge in [0.25, 0.3) is 0 Å². The third-order valence-electron chi connectivity index (χ3n) is 2.82. The number of nitrogens with one attached hydrogen (secondary N) is 1. The zero-order valence-corrected chi connectivity index (χ0v) is 11.5. The van der Waals surface area contributed by atoms with Crippen molar-refractivity contribution < 1.29 is 22.3 Å². The lowest BCUT2D eigenvalue weighted by Crippen LogP contribution is -2.30. The molecule has 1 aromatic carbocycles. The number of benzene rings is 1. The molecule has 0 amide bonds. The molecule has 5 nitrogen and oxygen atoms in total. The minimum absolute atomic E-state index is 0.203. The molecule has 108 valence electrons. The topological polar surface area (TPSA) is 79.5 Å². The summed E-state index contributed by atoms with van der Waals surface area (Å²) in [5, 5.41) is 9.25. The van der Waals surface area contributed by atoms with Crippen LogP contribution in [0.1, 0.15) is 17.4 Å². The minimum atomic E-state index is -3.95. The smallest absolute Gasteiger partial charge is 0.241 e. The Labute approximate surface area is 116 Å². The van der Waals surface area contributed by atoms with E-state index in [2.05, 4.69) is 4.72 Å². The van der Waals surface area contributed by atoms with E-state index in [1.807, 2.05) is 0 Å². The first-order chi connectivity index (χ1) is 9.44. The summed E-state index contributed by atoms with van der Waals surface area (Å²) in [6, 6.07) is 5.83. The Hall–Kier alpha value is -1.70. The van der Waals surface area contributed by atoms with Crippen LogP contribution >= 0.6 is 0 Å². The van der Waals surface area contributed by atoms with Crippen molar-refractivity contribution in [1.29, 1.82) is 0 Å². The van der Waals surface area contributed by atoms with E-state index in [4.69, 9.17) is 4.42 Å². The van der Waals surface area contributed by atoms with Crippen LogP contribution in [0.15, 0.2) is 45.9 Å². The van der Waals surface area contributed by atoms with Gasteiger partial charge in [-0.25, -0.2) is 12.8 Å². The van der Waals surface area contributed by atoms with Crippen LogP contribution in [0.3, 0.4) is 0 Å². The third-order valence-corrected chi connectivity index (χ3v) is 4.29. The Morgan fingerprint density at radius 1 is 1.40 bits per heavy atom. The van der Waals surface area contributed by atoms with Gasteiger partial charge >= 0.3 is 0 Å². The second kappa shape index (κ2) is 5.74. The van der Waals surface area contributed by atoms with Crippen LogP contribution in [0, 0.1) is 12.7 Å².